The van der Waals surface area contributed by atoms with Crippen LogP contribution < -0.4 is 9.46 Å². The van der Waals surface area contributed by atoms with Gasteiger partial charge in [0, 0.05) is 0 Å². The van der Waals surface area contributed by atoms with Crippen LogP contribution >= 0.6 is 0 Å². The van der Waals surface area contributed by atoms with Gasteiger partial charge in [0.05, 0.1) is 12.8 Å². The fraction of sp³-hybridized carbons (Fsp3) is 0.250. The number of anilines is 1. The molecule has 0 saturated heterocycles. The van der Waals surface area contributed by atoms with Crippen LogP contribution in [0.5, 0.6) is 5.75 Å². The highest BCUT2D eigenvalue weighted by Gasteiger charge is 2.22. The molecule has 118 valence electrons. The van der Waals surface area contributed by atoms with Crippen molar-refractivity contribution in [2.45, 2.75) is 25.7 Å². The van der Waals surface area contributed by atoms with E-state index in [1.165, 1.54) is 13.2 Å². The normalized spacial score (nSPS) is 11.3. The van der Waals surface area contributed by atoms with E-state index < -0.39 is 15.8 Å². The molecule has 6 heteroatoms. The van der Waals surface area contributed by atoms with E-state index in [4.69, 9.17) is 4.74 Å². The molecule has 0 aromatic heterocycles. The molecule has 0 spiro atoms. The molecular formula is C16H18FNO3S. The van der Waals surface area contributed by atoms with E-state index in [0.717, 1.165) is 28.8 Å². The average molecular weight is 323 g/mol. The molecule has 0 fully saturated rings. The number of ether oxygens (including phenoxy) is 1. The molecule has 0 aliphatic rings. The lowest BCUT2D eigenvalue weighted by atomic mass is 10.1. The van der Waals surface area contributed by atoms with Gasteiger partial charge in [-0.3, -0.25) is 4.72 Å². The third-order valence-electron chi connectivity index (χ3n) is 3.33. The van der Waals surface area contributed by atoms with Crippen LogP contribution in [0.3, 0.4) is 0 Å². The van der Waals surface area contributed by atoms with E-state index >= 15 is 0 Å². The highest BCUT2D eigenvalue weighted by molar-refractivity contribution is 7.92. The standard InChI is InChI=1S/C16H18FNO3S/c1-10-7-11(2)16(12(3)8-10)18-22(19,20)15-9-13(17)5-6-14(15)21-4/h5-9,18H,1-4H3. The quantitative estimate of drug-likeness (QED) is 0.936. The van der Waals surface area contributed by atoms with Gasteiger partial charge in [-0.2, -0.15) is 0 Å². The van der Waals surface area contributed by atoms with E-state index in [-0.39, 0.29) is 10.6 Å². The molecule has 22 heavy (non-hydrogen) atoms. The van der Waals surface area contributed by atoms with Crippen molar-refractivity contribution in [3.05, 3.63) is 52.8 Å². The lowest BCUT2D eigenvalue weighted by molar-refractivity contribution is 0.401. The summed E-state index contributed by atoms with van der Waals surface area (Å²) in [6.07, 6.45) is 0. The van der Waals surface area contributed by atoms with E-state index in [0.29, 0.717) is 5.69 Å². The molecule has 1 N–H and O–H groups in total. The van der Waals surface area contributed by atoms with Crippen molar-refractivity contribution >= 4 is 15.7 Å². The average Bonchev–Trinajstić information content (AvgIpc) is 2.43. The second kappa shape index (κ2) is 5.96. The predicted molar refractivity (Wildman–Crippen MR) is 84.4 cm³/mol. The maximum absolute atomic E-state index is 13.4. The molecule has 0 radical (unpaired) electrons. The van der Waals surface area contributed by atoms with Gasteiger partial charge in [-0.1, -0.05) is 17.7 Å². The Labute approximate surface area is 130 Å². The molecule has 2 aromatic carbocycles. The molecule has 0 saturated carbocycles. The highest BCUT2D eigenvalue weighted by atomic mass is 32.2. The Balaban J connectivity index is 2.52. The molecule has 2 aromatic rings. The number of nitrogens with one attached hydrogen (secondary N) is 1. The Kier molecular flexibility index (Phi) is 4.42. The number of halogens is 1. The summed E-state index contributed by atoms with van der Waals surface area (Å²) < 4.78 is 46.1. The summed E-state index contributed by atoms with van der Waals surface area (Å²) in [4.78, 5) is -0.227. The molecule has 0 atom stereocenters. The van der Waals surface area contributed by atoms with Crippen LogP contribution in [0.25, 0.3) is 0 Å². The van der Waals surface area contributed by atoms with E-state index in [2.05, 4.69) is 4.72 Å². The first-order chi connectivity index (χ1) is 10.2. The number of hydrogen-bond acceptors (Lipinski definition) is 3. The van der Waals surface area contributed by atoms with E-state index in [1.807, 2.05) is 32.9 Å². The Bertz CT molecular complexity index is 793. The van der Waals surface area contributed by atoms with Crippen molar-refractivity contribution in [3.63, 3.8) is 0 Å². The number of aryl methyl sites for hydroxylation is 3. The summed E-state index contributed by atoms with van der Waals surface area (Å²) in [5.74, 6) is -0.546. The number of hydrogen-bond donors (Lipinski definition) is 1. The highest BCUT2D eigenvalue weighted by Crippen LogP contribution is 2.29. The molecule has 0 unspecified atom stereocenters. The summed E-state index contributed by atoms with van der Waals surface area (Å²) >= 11 is 0. The van der Waals surface area contributed by atoms with Crippen LogP contribution in [-0.4, -0.2) is 15.5 Å². The zero-order valence-electron chi connectivity index (χ0n) is 12.9. The molecule has 0 amide bonds. The summed E-state index contributed by atoms with van der Waals surface area (Å²) in [6.45, 7) is 5.58. The summed E-state index contributed by atoms with van der Waals surface area (Å²) in [6, 6.07) is 7.15. The molecule has 0 aliphatic heterocycles. The summed E-state index contributed by atoms with van der Waals surface area (Å²) in [5, 5.41) is 0. The van der Waals surface area contributed by atoms with E-state index in [9.17, 15) is 12.8 Å². The van der Waals surface area contributed by atoms with Crippen molar-refractivity contribution < 1.29 is 17.5 Å². The van der Waals surface area contributed by atoms with Gasteiger partial charge in [0.25, 0.3) is 10.0 Å². The van der Waals surface area contributed by atoms with Gasteiger partial charge in [-0.05, 0) is 50.1 Å². The third-order valence-corrected chi connectivity index (χ3v) is 4.70. The number of sulfonamides is 1. The Morgan fingerprint density at radius 1 is 1.05 bits per heavy atom. The van der Waals surface area contributed by atoms with Gasteiger partial charge in [-0.15, -0.1) is 0 Å². The van der Waals surface area contributed by atoms with Crippen molar-refractivity contribution in [2.75, 3.05) is 11.8 Å². The van der Waals surface area contributed by atoms with Gasteiger partial charge in [-0.25, -0.2) is 12.8 Å². The topological polar surface area (TPSA) is 55.4 Å². The van der Waals surface area contributed by atoms with Gasteiger partial charge in [0.1, 0.15) is 16.5 Å². The van der Waals surface area contributed by atoms with Gasteiger partial charge in [0.15, 0.2) is 0 Å². The minimum atomic E-state index is -3.95. The zero-order valence-corrected chi connectivity index (χ0v) is 13.7. The molecular weight excluding hydrogens is 305 g/mol. The van der Waals surface area contributed by atoms with Crippen LogP contribution in [-0.2, 0) is 10.0 Å². The molecule has 0 bridgehead atoms. The molecule has 4 nitrogen and oxygen atoms in total. The number of rotatable bonds is 4. The van der Waals surface area contributed by atoms with Gasteiger partial charge >= 0.3 is 0 Å². The van der Waals surface area contributed by atoms with Crippen molar-refractivity contribution in [1.82, 2.24) is 0 Å². The summed E-state index contributed by atoms with van der Waals surface area (Å²) in [5.41, 5.74) is 3.14. The second-order valence-electron chi connectivity index (χ2n) is 5.17. The molecule has 2 rings (SSSR count). The van der Waals surface area contributed by atoms with Crippen LogP contribution in [0, 0.1) is 26.6 Å². The maximum atomic E-state index is 13.4. The first-order valence-corrected chi connectivity index (χ1v) is 8.17. The smallest absolute Gasteiger partial charge is 0.265 e. The van der Waals surface area contributed by atoms with Crippen molar-refractivity contribution in [2.24, 2.45) is 0 Å². The van der Waals surface area contributed by atoms with E-state index in [1.54, 1.807) is 0 Å². The van der Waals surface area contributed by atoms with Crippen molar-refractivity contribution in [1.29, 1.82) is 0 Å². The number of benzene rings is 2. The Morgan fingerprint density at radius 2 is 1.64 bits per heavy atom. The molecule has 0 aliphatic carbocycles. The Morgan fingerprint density at radius 3 is 2.18 bits per heavy atom. The monoisotopic (exact) mass is 323 g/mol. The minimum Gasteiger partial charge on any atom is -0.495 e. The largest absolute Gasteiger partial charge is 0.495 e. The summed E-state index contributed by atoms with van der Waals surface area (Å²) in [7, 11) is -2.61. The fourth-order valence-electron chi connectivity index (χ4n) is 2.39. The minimum absolute atomic E-state index is 0.0938. The van der Waals surface area contributed by atoms with Crippen LogP contribution in [0.2, 0.25) is 0 Å². The lowest BCUT2D eigenvalue weighted by Crippen LogP contribution is -2.16. The maximum Gasteiger partial charge on any atom is 0.265 e. The van der Waals surface area contributed by atoms with Gasteiger partial charge in [0.2, 0.25) is 0 Å². The van der Waals surface area contributed by atoms with Crippen LogP contribution in [0.15, 0.2) is 35.2 Å². The van der Waals surface area contributed by atoms with Crippen LogP contribution in [0.4, 0.5) is 10.1 Å². The molecule has 0 heterocycles. The van der Waals surface area contributed by atoms with Gasteiger partial charge < -0.3 is 4.74 Å². The SMILES string of the molecule is COc1ccc(F)cc1S(=O)(=O)Nc1c(C)cc(C)cc1C. The fourth-order valence-corrected chi connectivity index (χ4v) is 3.78. The predicted octanol–water partition coefficient (Wildman–Crippen LogP) is 3.56. The first-order valence-electron chi connectivity index (χ1n) is 6.69. The van der Waals surface area contributed by atoms with Crippen LogP contribution in [0.1, 0.15) is 16.7 Å². The lowest BCUT2D eigenvalue weighted by Gasteiger charge is -2.16. The third kappa shape index (κ3) is 3.22. The Hall–Kier alpha value is -2.08. The first kappa shape index (κ1) is 16.3. The second-order valence-corrected chi connectivity index (χ2v) is 6.83. The zero-order chi connectivity index (χ0) is 16.5. The number of methoxy groups -OCH3 is 1. The van der Waals surface area contributed by atoms with Crippen molar-refractivity contribution in [3.8, 4) is 5.75 Å².